The number of fused-ring (bicyclic) bond motifs is 2. The first-order chi connectivity index (χ1) is 20.8. The monoisotopic (exact) mass is 560 g/mol. The molecule has 0 saturated carbocycles. The summed E-state index contributed by atoms with van der Waals surface area (Å²) in [7, 11) is 0. The number of aromatic hydroxyl groups is 1. The zero-order valence-electron chi connectivity index (χ0n) is 24.7. The van der Waals surface area contributed by atoms with Gasteiger partial charge in [0.05, 0.1) is 5.52 Å². The van der Waals surface area contributed by atoms with Crippen molar-refractivity contribution < 1.29 is 5.11 Å². The molecule has 0 fully saturated rings. The Bertz CT molecular complexity index is 2140. The summed E-state index contributed by atoms with van der Waals surface area (Å²) in [5.41, 5.74) is 10.6. The molecule has 43 heavy (non-hydrogen) atoms. The number of phenolic OH excluding ortho intramolecular Hbond substituents is 1. The Morgan fingerprint density at radius 3 is 2.23 bits per heavy atom. The quantitative estimate of drug-likeness (QED) is 0.233. The van der Waals surface area contributed by atoms with E-state index in [1.165, 1.54) is 11.1 Å². The standard InChI is InChI=1S/C38H32N4O/c1-24-21-26-11-8-19-39-34(26)32(22-24)25-9-7-10-27(23-25)36-41-35-31(30-12-5-6-13-33(30)43)18-20-40-37(35)42(36)29-16-14-28(15-17-29)38(2,3)4/h5-23,43H,1-4H3. The summed E-state index contributed by atoms with van der Waals surface area (Å²) < 4.78 is 2.12. The molecule has 0 aliphatic rings. The van der Waals surface area contributed by atoms with Crippen LogP contribution in [0.25, 0.3) is 61.4 Å². The molecule has 0 aliphatic heterocycles. The van der Waals surface area contributed by atoms with Crippen LogP contribution in [0.15, 0.2) is 116 Å². The van der Waals surface area contributed by atoms with Crippen molar-refractivity contribution in [2.45, 2.75) is 33.1 Å². The van der Waals surface area contributed by atoms with Crippen LogP contribution in [0.3, 0.4) is 0 Å². The number of imidazole rings is 1. The molecule has 3 aromatic heterocycles. The molecule has 5 nitrogen and oxygen atoms in total. The first kappa shape index (κ1) is 26.6. The van der Waals surface area contributed by atoms with E-state index in [0.29, 0.717) is 0 Å². The predicted molar refractivity (Wildman–Crippen MR) is 176 cm³/mol. The summed E-state index contributed by atoms with van der Waals surface area (Å²) in [6.45, 7) is 8.77. The molecular weight excluding hydrogens is 528 g/mol. The second-order valence-corrected chi connectivity index (χ2v) is 12.1. The van der Waals surface area contributed by atoms with Gasteiger partial charge in [-0.2, -0.15) is 0 Å². The molecule has 3 heterocycles. The van der Waals surface area contributed by atoms with Gasteiger partial charge in [-0.05, 0) is 77.6 Å². The van der Waals surface area contributed by atoms with Crippen molar-refractivity contribution >= 4 is 22.1 Å². The van der Waals surface area contributed by atoms with E-state index in [2.05, 4.69) is 99.0 Å². The fourth-order valence-electron chi connectivity index (χ4n) is 5.83. The lowest BCUT2D eigenvalue weighted by Gasteiger charge is -2.19. The molecule has 0 radical (unpaired) electrons. The Balaban J connectivity index is 1.48. The van der Waals surface area contributed by atoms with Crippen LogP contribution in [0.4, 0.5) is 0 Å². The molecule has 0 saturated heterocycles. The maximum Gasteiger partial charge on any atom is 0.165 e. The third kappa shape index (κ3) is 4.73. The second kappa shape index (κ2) is 10.2. The summed E-state index contributed by atoms with van der Waals surface area (Å²) in [5, 5.41) is 11.9. The number of benzene rings is 4. The highest BCUT2D eigenvalue weighted by Gasteiger charge is 2.21. The van der Waals surface area contributed by atoms with Gasteiger partial charge in [0.25, 0.3) is 0 Å². The van der Waals surface area contributed by atoms with Crippen molar-refractivity contribution in [3.8, 4) is 45.1 Å². The highest BCUT2D eigenvalue weighted by atomic mass is 16.3. The van der Waals surface area contributed by atoms with Gasteiger partial charge in [0.1, 0.15) is 17.1 Å². The van der Waals surface area contributed by atoms with Crippen LogP contribution >= 0.6 is 0 Å². The van der Waals surface area contributed by atoms with Gasteiger partial charge in [-0.1, -0.05) is 75.4 Å². The fraction of sp³-hybridized carbons (Fsp3) is 0.132. The first-order valence-corrected chi connectivity index (χ1v) is 14.5. The number of aryl methyl sites for hydroxylation is 1. The minimum absolute atomic E-state index is 0.0353. The molecule has 1 N–H and O–H groups in total. The number of para-hydroxylation sites is 1. The van der Waals surface area contributed by atoms with Crippen molar-refractivity contribution in [1.29, 1.82) is 0 Å². The van der Waals surface area contributed by atoms with Gasteiger partial charge in [0.15, 0.2) is 5.65 Å². The molecule has 0 amide bonds. The number of hydrogen-bond acceptors (Lipinski definition) is 4. The number of pyridine rings is 2. The summed E-state index contributed by atoms with van der Waals surface area (Å²) in [6.07, 6.45) is 3.63. The molecule has 0 bridgehead atoms. The third-order valence-electron chi connectivity index (χ3n) is 8.01. The summed E-state index contributed by atoms with van der Waals surface area (Å²) in [4.78, 5) is 14.8. The minimum Gasteiger partial charge on any atom is -0.507 e. The smallest absolute Gasteiger partial charge is 0.165 e. The maximum atomic E-state index is 10.8. The van der Waals surface area contributed by atoms with Crippen molar-refractivity contribution in [3.05, 3.63) is 127 Å². The molecule has 4 aromatic carbocycles. The van der Waals surface area contributed by atoms with E-state index in [0.717, 1.165) is 61.4 Å². The van der Waals surface area contributed by atoms with Crippen LogP contribution in [0.1, 0.15) is 31.9 Å². The third-order valence-corrected chi connectivity index (χ3v) is 8.01. The van der Waals surface area contributed by atoms with Gasteiger partial charge >= 0.3 is 0 Å². The molecular formula is C38H32N4O. The molecule has 0 unspecified atom stereocenters. The molecule has 0 aliphatic carbocycles. The van der Waals surface area contributed by atoms with Gasteiger partial charge in [-0.3, -0.25) is 9.55 Å². The van der Waals surface area contributed by atoms with Gasteiger partial charge < -0.3 is 5.11 Å². The predicted octanol–water partition coefficient (Wildman–Crippen LogP) is 9.28. The highest BCUT2D eigenvalue weighted by Crippen LogP contribution is 2.38. The average molecular weight is 561 g/mol. The zero-order valence-corrected chi connectivity index (χ0v) is 24.7. The van der Waals surface area contributed by atoms with Crippen LogP contribution in [0, 0.1) is 6.92 Å². The Labute approximate surface area is 251 Å². The Morgan fingerprint density at radius 2 is 1.44 bits per heavy atom. The summed E-state index contributed by atoms with van der Waals surface area (Å²) >= 11 is 0. The summed E-state index contributed by atoms with van der Waals surface area (Å²) in [5.74, 6) is 0.988. The summed E-state index contributed by atoms with van der Waals surface area (Å²) in [6, 6.07) is 34.9. The van der Waals surface area contributed by atoms with E-state index in [4.69, 9.17) is 15.0 Å². The van der Waals surface area contributed by atoms with E-state index in [1.807, 2.05) is 36.5 Å². The lowest BCUT2D eigenvalue weighted by molar-refractivity contribution is 0.477. The van der Waals surface area contributed by atoms with Gasteiger partial charge in [-0.15, -0.1) is 0 Å². The van der Waals surface area contributed by atoms with Crippen LogP contribution in [-0.4, -0.2) is 24.6 Å². The normalized spacial score (nSPS) is 11.8. The van der Waals surface area contributed by atoms with Gasteiger partial charge in [0.2, 0.25) is 0 Å². The average Bonchev–Trinajstić information content (AvgIpc) is 3.41. The van der Waals surface area contributed by atoms with E-state index in [9.17, 15) is 5.11 Å². The SMILES string of the molecule is Cc1cc(-c2cccc(-c3nc4c(-c5ccccc5O)ccnc4n3-c3ccc(C(C)(C)C)cc3)c2)c2ncccc2c1. The topological polar surface area (TPSA) is 63.8 Å². The van der Waals surface area contributed by atoms with Gasteiger partial charge in [-0.25, -0.2) is 9.97 Å². The molecule has 7 aromatic rings. The lowest BCUT2D eigenvalue weighted by atomic mass is 9.87. The van der Waals surface area contributed by atoms with Crippen LogP contribution in [0.5, 0.6) is 5.75 Å². The van der Waals surface area contributed by atoms with Crippen molar-refractivity contribution in [2.75, 3.05) is 0 Å². The number of hydrogen-bond donors (Lipinski definition) is 1. The van der Waals surface area contributed by atoms with Crippen LogP contribution in [0.2, 0.25) is 0 Å². The van der Waals surface area contributed by atoms with Gasteiger partial charge in [0, 0.05) is 45.7 Å². The number of rotatable bonds is 4. The largest absolute Gasteiger partial charge is 0.507 e. The highest BCUT2D eigenvalue weighted by molar-refractivity contribution is 5.97. The molecule has 0 spiro atoms. The Morgan fingerprint density at radius 1 is 0.651 bits per heavy atom. The van der Waals surface area contributed by atoms with Crippen LogP contribution < -0.4 is 0 Å². The Kier molecular flexibility index (Phi) is 6.32. The zero-order chi connectivity index (χ0) is 29.7. The van der Waals surface area contributed by atoms with Crippen molar-refractivity contribution in [2.24, 2.45) is 0 Å². The molecule has 5 heteroatoms. The maximum absolute atomic E-state index is 10.8. The van der Waals surface area contributed by atoms with Crippen molar-refractivity contribution in [3.63, 3.8) is 0 Å². The lowest BCUT2D eigenvalue weighted by Crippen LogP contribution is -2.11. The molecule has 7 rings (SSSR count). The molecule has 0 atom stereocenters. The first-order valence-electron chi connectivity index (χ1n) is 14.5. The van der Waals surface area contributed by atoms with E-state index >= 15 is 0 Å². The number of aromatic nitrogens is 4. The Hall–Kier alpha value is -5.29. The minimum atomic E-state index is 0.0353. The van der Waals surface area contributed by atoms with E-state index in [-0.39, 0.29) is 11.2 Å². The molecule has 210 valence electrons. The van der Waals surface area contributed by atoms with E-state index in [1.54, 1.807) is 12.3 Å². The van der Waals surface area contributed by atoms with E-state index < -0.39 is 0 Å². The van der Waals surface area contributed by atoms with Crippen LogP contribution in [-0.2, 0) is 5.41 Å². The second-order valence-electron chi connectivity index (χ2n) is 12.1. The number of nitrogens with zero attached hydrogens (tertiary/aromatic N) is 4. The number of phenols is 1. The fourth-order valence-corrected chi connectivity index (χ4v) is 5.83. The van der Waals surface area contributed by atoms with Crippen molar-refractivity contribution in [1.82, 2.24) is 19.5 Å².